The molecule has 0 bridgehead atoms. The van der Waals surface area contributed by atoms with Gasteiger partial charge >= 0.3 is 0 Å². The number of hydrogen-bond acceptors (Lipinski definition) is 2. The molecule has 4 aliphatic carbocycles. The highest BCUT2D eigenvalue weighted by Gasteiger charge is 2.27. The third-order valence-electron chi connectivity index (χ3n) is 5.97. The van der Waals surface area contributed by atoms with Gasteiger partial charge in [0.25, 0.3) is 0 Å². The van der Waals surface area contributed by atoms with Crippen molar-refractivity contribution in [1.29, 1.82) is 5.41 Å². The Morgan fingerprint density at radius 2 is 2.04 bits per heavy atom. The average molecular weight is 345 g/mol. The van der Waals surface area contributed by atoms with E-state index < -0.39 is 0 Å². The highest BCUT2D eigenvalue weighted by atomic mass is 14.6. The number of fused-ring (bicyclic) bond motifs is 2. The highest BCUT2D eigenvalue weighted by Crippen LogP contribution is 2.38. The SMILES string of the molecule is CC1C=C2C=CCCC2=C(C(=N)/C=C(\N)C2C=CC=C3CCC=CC32)C1. The number of rotatable bonds is 3. The lowest BCUT2D eigenvalue weighted by Crippen LogP contribution is -2.24. The molecule has 4 aliphatic rings. The Morgan fingerprint density at radius 3 is 2.92 bits per heavy atom. The van der Waals surface area contributed by atoms with E-state index in [0.717, 1.165) is 37.8 Å². The lowest BCUT2D eigenvalue weighted by atomic mass is 9.75. The molecule has 0 amide bonds. The van der Waals surface area contributed by atoms with Crippen molar-refractivity contribution in [1.82, 2.24) is 0 Å². The Kier molecular flexibility index (Phi) is 4.67. The van der Waals surface area contributed by atoms with Gasteiger partial charge in [-0.2, -0.15) is 0 Å². The van der Waals surface area contributed by atoms with Crippen LogP contribution in [0.1, 0.15) is 39.0 Å². The van der Waals surface area contributed by atoms with Crippen LogP contribution in [0.5, 0.6) is 0 Å². The summed E-state index contributed by atoms with van der Waals surface area (Å²) in [6.45, 7) is 2.24. The summed E-state index contributed by atoms with van der Waals surface area (Å²) in [7, 11) is 0. The predicted molar refractivity (Wildman–Crippen MR) is 110 cm³/mol. The Bertz CT molecular complexity index is 826. The first kappa shape index (κ1) is 17.1. The van der Waals surface area contributed by atoms with Crippen LogP contribution >= 0.6 is 0 Å². The molecule has 0 radical (unpaired) electrons. The monoisotopic (exact) mass is 344 g/mol. The summed E-state index contributed by atoms with van der Waals surface area (Å²) in [6, 6.07) is 0. The van der Waals surface area contributed by atoms with Gasteiger partial charge in [-0.1, -0.05) is 61.1 Å². The van der Waals surface area contributed by atoms with Crippen LogP contribution in [0.15, 0.2) is 82.7 Å². The largest absolute Gasteiger partial charge is 0.401 e. The van der Waals surface area contributed by atoms with Crippen molar-refractivity contribution in [2.45, 2.75) is 39.0 Å². The van der Waals surface area contributed by atoms with Gasteiger partial charge in [0, 0.05) is 17.5 Å². The van der Waals surface area contributed by atoms with E-state index in [2.05, 4.69) is 55.5 Å². The van der Waals surface area contributed by atoms with Gasteiger partial charge in [0.15, 0.2) is 0 Å². The first-order valence-electron chi connectivity index (χ1n) is 9.84. The molecule has 2 heteroatoms. The first-order valence-corrected chi connectivity index (χ1v) is 9.84. The zero-order chi connectivity index (χ0) is 18.1. The van der Waals surface area contributed by atoms with Gasteiger partial charge in [-0.15, -0.1) is 0 Å². The highest BCUT2D eigenvalue weighted by molar-refractivity contribution is 6.08. The maximum absolute atomic E-state index is 8.75. The zero-order valence-electron chi connectivity index (χ0n) is 15.5. The van der Waals surface area contributed by atoms with Crippen LogP contribution in [0, 0.1) is 23.2 Å². The molecule has 0 fully saturated rings. The summed E-state index contributed by atoms with van der Waals surface area (Å²) >= 11 is 0. The molecule has 0 saturated carbocycles. The summed E-state index contributed by atoms with van der Waals surface area (Å²) in [4.78, 5) is 0. The van der Waals surface area contributed by atoms with Crippen LogP contribution in [0.4, 0.5) is 0 Å². The molecule has 0 aromatic rings. The lowest BCUT2D eigenvalue weighted by Gasteiger charge is -2.30. The Labute approximate surface area is 156 Å². The minimum atomic E-state index is 0.180. The van der Waals surface area contributed by atoms with Crippen LogP contribution in [-0.2, 0) is 0 Å². The van der Waals surface area contributed by atoms with Crippen molar-refractivity contribution in [3.8, 4) is 0 Å². The molecule has 0 saturated heterocycles. The quantitative estimate of drug-likeness (QED) is 0.512. The van der Waals surface area contributed by atoms with E-state index in [0.29, 0.717) is 17.5 Å². The third kappa shape index (κ3) is 3.21. The molecule has 4 rings (SSSR count). The van der Waals surface area contributed by atoms with E-state index in [1.54, 1.807) is 0 Å². The van der Waals surface area contributed by atoms with Gasteiger partial charge in [-0.25, -0.2) is 0 Å². The van der Waals surface area contributed by atoms with E-state index in [4.69, 9.17) is 11.1 Å². The maximum Gasteiger partial charge on any atom is 0.0592 e. The van der Waals surface area contributed by atoms with Gasteiger partial charge in [-0.05, 0) is 60.8 Å². The molecule has 2 nitrogen and oxygen atoms in total. The van der Waals surface area contributed by atoms with Crippen molar-refractivity contribution in [3.63, 3.8) is 0 Å². The normalized spacial score (nSPS) is 30.5. The summed E-state index contributed by atoms with van der Waals surface area (Å²) in [5.41, 5.74) is 13.3. The standard InChI is InChI=1S/C24H28N2/c1-16-13-18-8-3-5-11-20(18)22(14-16)24(26)15-23(25)21-12-6-9-17-7-2-4-10-19(17)21/h3-4,6,8-10,12-13,15-16,19,21,26H,2,5,7,11,14,25H2,1H3/b23-15-,26-24?. The van der Waals surface area contributed by atoms with Crippen LogP contribution in [-0.4, -0.2) is 5.71 Å². The minimum Gasteiger partial charge on any atom is -0.401 e. The Morgan fingerprint density at radius 1 is 1.19 bits per heavy atom. The van der Waals surface area contributed by atoms with Gasteiger partial charge < -0.3 is 11.1 Å². The summed E-state index contributed by atoms with van der Waals surface area (Å²) in [6.07, 6.45) is 25.2. The Hall–Kier alpha value is -2.35. The van der Waals surface area contributed by atoms with E-state index in [9.17, 15) is 0 Å². The second kappa shape index (κ2) is 7.11. The molecular weight excluding hydrogens is 316 g/mol. The van der Waals surface area contributed by atoms with Crippen molar-refractivity contribution < 1.29 is 0 Å². The number of nitrogens with two attached hydrogens (primary N) is 1. The van der Waals surface area contributed by atoms with Crippen molar-refractivity contribution in [2.75, 3.05) is 0 Å². The molecular formula is C24H28N2. The van der Waals surface area contributed by atoms with E-state index in [1.165, 1.54) is 22.3 Å². The average Bonchev–Trinajstić information content (AvgIpc) is 2.66. The summed E-state index contributed by atoms with van der Waals surface area (Å²) in [5.74, 6) is 1.03. The number of hydrogen-bond donors (Lipinski definition) is 2. The molecule has 26 heavy (non-hydrogen) atoms. The summed E-state index contributed by atoms with van der Waals surface area (Å²) in [5, 5.41) is 8.75. The molecule has 0 aromatic carbocycles. The molecule has 3 N–H and O–H groups in total. The topological polar surface area (TPSA) is 49.9 Å². The second-order valence-electron chi connectivity index (χ2n) is 7.90. The van der Waals surface area contributed by atoms with E-state index in [-0.39, 0.29) is 5.92 Å². The molecule has 3 unspecified atom stereocenters. The van der Waals surface area contributed by atoms with Crippen LogP contribution in [0.25, 0.3) is 0 Å². The van der Waals surface area contributed by atoms with E-state index >= 15 is 0 Å². The Balaban J connectivity index is 1.62. The third-order valence-corrected chi connectivity index (χ3v) is 5.97. The summed E-state index contributed by atoms with van der Waals surface area (Å²) < 4.78 is 0. The van der Waals surface area contributed by atoms with Crippen LogP contribution in [0.2, 0.25) is 0 Å². The van der Waals surface area contributed by atoms with Crippen LogP contribution in [0.3, 0.4) is 0 Å². The van der Waals surface area contributed by atoms with Crippen molar-refractivity contribution in [3.05, 3.63) is 82.7 Å². The zero-order valence-corrected chi connectivity index (χ0v) is 15.5. The molecule has 134 valence electrons. The van der Waals surface area contributed by atoms with Gasteiger partial charge in [0.05, 0.1) is 5.71 Å². The number of allylic oxidation sites excluding steroid dienone is 13. The van der Waals surface area contributed by atoms with Crippen molar-refractivity contribution in [2.24, 2.45) is 23.5 Å². The second-order valence-corrected chi connectivity index (χ2v) is 7.90. The fraction of sp³-hybridized carbons (Fsp3) is 0.375. The smallest absolute Gasteiger partial charge is 0.0592 e. The minimum absolute atomic E-state index is 0.180. The molecule has 3 atom stereocenters. The van der Waals surface area contributed by atoms with E-state index in [1.807, 2.05) is 6.08 Å². The fourth-order valence-corrected chi connectivity index (χ4v) is 4.66. The van der Waals surface area contributed by atoms with Gasteiger partial charge in [-0.3, -0.25) is 0 Å². The molecule has 0 spiro atoms. The van der Waals surface area contributed by atoms with Gasteiger partial charge in [0.2, 0.25) is 0 Å². The first-order chi connectivity index (χ1) is 12.6. The van der Waals surface area contributed by atoms with Crippen molar-refractivity contribution >= 4 is 5.71 Å². The molecule has 0 aliphatic heterocycles. The molecule has 0 aromatic heterocycles. The molecule has 0 heterocycles. The van der Waals surface area contributed by atoms with Gasteiger partial charge in [0.1, 0.15) is 0 Å². The fourth-order valence-electron chi connectivity index (χ4n) is 4.66. The predicted octanol–water partition coefficient (Wildman–Crippen LogP) is 5.54. The van der Waals surface area contributed by atoms with Crippen LogP contribution < -0.4 is 5.73 Å². The maximum atomic E-state index is 8.75. The lowest BCUT2D eigenvalue weighted by molar-refractivity contribution is 0.558. The number of nitrogens with one attached hydrogen (secondary N) is 1.